The van der Waals surface area contributed by atoms with Gasteiger partial charge in [-0.1, -0.05) is 24.3 Å². The molecule has 0 N–H and O–H groups in total. The van der Waals surface area contributed by atoms with Gasteiger partial charge in [0.1, 0.15) is 0 Å². The third-order valence-electron chi connectivity index (χ3n) is 6.65. The molecular formula is C24H16F14O3. The van der Waals surface area contributed by atoms with Crippen LogP contribution in [0.4, 0.5) is 61.5 Å². The van der Waals surface area contributed by atoms with Crippen molar-refractivity contribution in [2.24, 2.45) is 0 Å². The third kappa shape index (κ3) is 4.73. The maximum Gasteiger partial charge on any atom is 0.416 e. The molecule has 0 bridgehead atoms. The summed E-state index contributed by atoms with van der Waals surface area (Å²) in [5, 5.41) is 0. The van der Waals surface area contributed by atoms with E-state index < -0.39 is 95.9 Å². The molecule has 2 aliphatic rings. The second-order valence-electron chi connectivity index (χ2n) is 9.24. The average molecular weight is 618 g/mol. The molecule has 2 aromatic carbocycles. The Kier molecular flexibility index (Phi) is 7.19. The van der Waals surface area contributed by atoms with E-state index in [2.05, 4.69) is 14.2 Å². The number of alkyl halides is 14. The minimum atomic E-state index is -5.23. The summed E-state index contributed by atoms with van der Waals surface area (Å²) >= 11 is 0. The fourth-order valence-corrected chi connectivity index (χ4v) is 4.39. The van der Waals surface area contributed by atoms with E-state index in [0.29, 0.717) is 0 Å². The third-order valence-corrected chi connectivity index (χ3v) is 6.65. The molecule has 2 aliphatic heterocycles. The first kappa shape index (κ1) is 31.3. The lowest BCUT2D eigenvalue weighted by Crippen LogP contribution is -2.64. The molecule has 0 spiro atoms. The summed E-state index contributed by atoms with van der Waals surface area (Å²) in [5.74, 6) is -30.8. The summed E-state index contributed by atoms with van der Waals surface area (Å²) < 4.78 is 215. The van der Waals surface area contributed by atoms with Crippen molar-refractivity contribution < 1.29 is 75.7 Å². The maximum absolute atomic E-state index is 16.7. The van der Waals surface area contributed by atoms with Crippen LogP contribution < -0.4 is 0 Å². The Morgan fingerprint density at radius 1 is 0.488 bits per heavy atom. The van der Waals surface area contributed by atoms with Crippen molar-refractivity contribution in [2.45, 2.75) is 60.5 Å². The molecule has 4 atom stereocenters. The zero-order valence-electron chi connectivity index (χ0n) is 20.0. The highest BCUT2D eigenvalue weighted by molar-refractivity contribution is 5.34. The number of benzene rings is 2. The quantitative estimate of drug-likeness (QED) is 0.306. The highest BCUT2D eigenvalue weighted by Gasteiger charge is 2.81. The molecule has 0 amide bonds. The van der Waals surface area contributed by atoms with Gasteiger partial charge in [0.2, 0.25) is 0 Å². The lowest BCUT2D eigenvalue weighted by molar-refractivity contribution is -0.463. The summed E-state index contributed by atoms with van der Waals surface area (Å²) in [6.07, 6.45) is -13.5. The van der Waals surface area contributed by atoms with E-state index in [1.54, 1.807) is 0 Å². The molecule has 0 aliphatic carbocycles. The number of rotatable bonds is 6. The Bertz CT molecular complexity index is 1160. The fourth-order valence-electron chi connectivity index (χ4n) is 4.39. The van der Waals surface area contributed by atoms with Crippen molar-refractivity contribution in [1.82, 2.24) is 0 Å². The SMILES string of the molecule is FC(F)(F)c1ccc(C(F)(OC(F)(c2ccc(C(F)(F)F)cc2)C2(F)OCCC2(F)F)C2(F)OCCC2(F)F)cc1. The van der Waals surface area contributed by atoms with Crippen LogP contribution in [-0.2, 0) is 38.3 Å². The van der Waals surface area contributed by atoms with Crippen molar-refractivity contribution in [3.63, 3.8) is 0 Å². The molecule has 2 aromatic rings. The van der Waals surface area contributed by atoms with Crippen molar-refractivity contribution in [2.75, 3.05) is 13.2 Å². The molecule has 41 heavy (non-hydrogen) atoms. The number of hydrogen-bond acceptors (Lipinski definition) is 3. The fraction of sp³-hybridized carbons (Fsp3) is 0.500. The van der Waals surface area contributed by atoms with Crippen LogP contribution in [0.3, 0.4) is 0 Å². The number of hydrogen-bond donors (Lipinski definition) is 0. The van der Waals surface area contributed by atoms with Crippen LogP contribution in [0, 0.1) is 0 Å². The minimum Gasteiger partial charge on any atom is -0.336 e. The van der Waals surface area contributed by atoms with Gasteiger partial charge in [0.05, 0.1) is 24.3 Å². The molecule has 0 radical (unpaired) electrons. The number of ether oxygens (including phenoxy) is 3. The summed E-state index contributed by atoms with van der Waals surface area (Å²) in [7, 11) is 0. The van der Waals surface area contributed by atoms with Gasteiger partial charge >= 0.3 is 47.6 Å². The molecule has 0 saturated carbocycles. The predicted molar refractivity (Wildman–Crippen MR) is 108 cm³/mol. The number of halogens is 14. The molecule has 4 rings (SSSR count). The molecule has 228 valence electrons. The van der Waals surface area contributed by atoms with Crippen molar-refractivity contribution in [3.05, 3.63) is 70.8 Å². The summed E-state index contributed by atoms with van der Waals surface area (Å²) in [5.41, 5.74) is -6.54. The molecule has 2 saturated heterocycles. The summed E-state index contributed by atoms with van der Waals surface area (Å²) in [6.45, 7) is -2.63. The largest absolute Gasteiger partial charge is 0.416 e. The van der Waals surface area contributed by atoms with Gasteiger partial charge in [-0.25, -0.2) is 0 Å². The summed E-state index contributed by atoms with van der Waals surface area (Å²) in [6, 6.07) is -0.0514. The first-order valence-corrected chi connectivity index (χ1v) is 11.4. The zero-order valence-corrected chi connectivity index (χ0v) is 20.0. The molecule has 0 aromatic heterocycles. The predicted octanol–water partition coefficient (Wildman–Crippen LogP) is 8.13. The van der Waals surface area contributed by atoms with Crippen molar-refractivity contribution in [1.29, 1.82) is 0 Å². The molecule has 17 heteroatoms. The van der Waals surface area contributed by atoms with Crippen LogP contribution in [0.5, 0.6) is 0 Å². The average Bonchev–Trinajstić information content (AvgIpc) is 3.31. The monoisotopic (exact) mass is 618 g/mol. The van der Waals surface area contributed by atoms with E-state index in [9.17, 15) is 43.9 Å². The lowest BCUT2D eigenvalue weighted by atomic mass is 9.90. The zero-order chi connectivity index (χ0) is 30.9. The molecule has 4 unspecified atom stereocenters. The van der Waals surface area contributed by atoms with Crippen molar-refractivity contribution >= 4 is 0 Å². The first-order chi connectivity index (χ1) is 18.5. The summed E-state index contributed by atoms with van der Waals surface area (Å²) in [4.78, 5) is 0. The van der Waals surface area contributed by atoms with Gasteiger partial charge in [0.25, 0.3) is 0 Å². The Morgan fingerprint density at radius 3 is 0.976 bits per heavy atom. The van der Waals surface area contributed by atoms with Gasteiger partial charge < -0.3 is 9.47 Å². The van der Waals surface area contributed by atoms with Gasteiger partial charge in [0.15, 0.2) is 0 Å². The second kappa shape index (κ2) is 9.42. The standard InChI is InChI=1S/C24H16F14O3/c25-17(26)9-11-39-23(17,37)19(29,13-1-5-15(6-2-13)21(31,32)33)41-20(30,24(38)18(27,28)10-12-40-24)14-3-7-16(8-4-14)22(34,35)36/h1-8H,9-12H2. The van der Waals surface area contributed by atoms with Crippen LogP contribution in [0.15, 0.2) is 48.5 Å². The smallest absolute Gasteiger partial charge is 0.336 e. The van der Waals surface area contributed by atoms with Gasteiger partial charge in [0, 0.05) is 24.0 Å². The van der Waals surface area contributed by atoms with E-state index in [1.807, 2.05) is 0 Å². The second-order valence-corrected chi connectivity index (χ2v) is 9.24. The normalized spacial score (nSPS) is 29.2. The van der Waals surface area contributed by atoms with E-state index in [0.717, 1.165) is 0 Å². The molecular weight excluding hydrogens is 602 g/mol. The van der Waals surface area contributed by atoms with E-state index in [1.165, 1.54) is 0 Å². The minimum absolute atomic E-state index is 0.00734. The maximum atomic E-state index is 16.7. The van der Waals surface area contributed by atoms with Crippen LogP contribution in [0.2, 0.25) is 0 Å². The molecule has 2 fully saturated rings. The molecule has 2 heterocycles. The van der Waals surface area contributed by atoms with Crippen LogP contribution in [0.1, 0.15) is 35.1 Å². The molecule has 3 nitrogen and oxygen atoms in total. The van der Waals surface area contributed by atoms with E-state index in [4.69, 9.17) is 0 Å². The first-order valence-electron chi connectivity index (χ1n) is 11.4. The highest BCUT2D eigenvalue weighted by atomic mass is 19.4. The Balaban J connectivity index is 1.97. The Labute approximate surface area is 221 Å². The van der Waals surface area contributed by atoms with E-state index >= 15 is 17.6 Å². The van der Waals surface area contributed by atoms with Crippen LogP contribution in [-0.4, -0.2) is 36.8 Å². The van der Waals surface area contributed by atoms with Gasteiger partial charge in [-0.05, 0) is 24.3 Å². The van der Waals surface area contributed by atoms with Gasteiger partial charge in [-0.15, -0.1) is 0 Å². The van der Waals surface area contributed by atoms with E-state index in [-0.39, 0.29) is 48.5 Å². The highest BCUT2D eigenvalue weighted by Crippen LogP contribution is 2.62. The lowest BCUT2D eigenvalue weighted by Gasteiger charge is -2.46. The van der Waals surface area contributed by atoms with Gasteiger partial charge in [-0.2, -0.15) is 61.5 Å². The van der Waals surface area contributed by atoms with Crippen LogP contribution in [0.25, 0.3) is 0 Å². The van der Waals surface area contributed by atoms with Crippen LogP contribution >= 0.6 is 0 Å². The topological polar surface area (TPSA) is 27.7 Å². The Hall–Kier alpha value is -2.66. The Morgan fingerprint density at radius 2 is 0.756 bits per heavy atom. The van der Waals surface area contributed by atoms with Gasteiger partial charge in [-0.3, -0.25) is 4.74 Å². The van der Waals surface area contributed by atoms with Crippen molar-refractivity contribution in [3.8, 4) is 0 Å².